The van der Waals surface area contributed by atoms with Crippen molar-refractivity contribution in [2.24, 2.45) is 11.8 Å². The van der Waals surface area contributed by atoms with E-state index in [9.17, 15) is 9.59 Å². The van der Waals surface area contributed by atoms with Gasteiger partial charge in [-0.3, -0.25) is 9.59 Å². The molecular formula is C13H24N2O3. The average Bonchev–Trinajstić information content (AvgIpc) is 2.33. The van der Waals surface area contributed by atoms with Crippen molar-refractivity contribution in [2.75, 3.05) is 26.2 Å². The molecule has 0 aromatic rings. The Morgan fingerprint density at radius 2 is 2.17 bits per heavy atom. The molecule has 1 amide bonds. The lowest BCUT2D eigenvalue weighted by Gasteiger charge is -2.32. The molecule has 1 atom stereocenters. The fourth-order valence-electron chi connectivity index (χ4n) is 2.22. The maximum atomic E-state index is 11.5. The maximum Gasteiger partial charge on any atom is 0.304 e. The number of hydrogen-bond acceptors (Lipinski definition) is 3. The molecule has 1 aliphatic heterocycles. The molecule has 0 aromatic heterocycles. The van der Waals surface area contributed by atoms with Crippen molar-refractivity contribution in [1.82, 2.24) is 10.2 Å². The number of piperidine rings is 1. The molecule has 1 fully saturated rings. The Morgan fingerprint density at radius 3 is 2.78 bits per heavy atom. The number of rotatable bonds is 6. The van der Waals surface area contributed by atoms with Crippen molar-refractivity contribution < 1.29 is 14.7 Å². The monoisotopic (exact) mass is 256 g/mol. The van der Waals surface area contributed by atoms with Crippen LogP contribution in [-0.2, 0) is 9.59 Å². The maximum absolute atomic E-state index is 11.5. The molecule has 0 saturated carbocycles. The fraction of sp³-hybridized carbons (Fsp3) is 0.846. The highest BCUT2D eigenvalue weighted by Crippen LogP contribution is 2.16. The summed E-state index contributed by atoms with van der Waals surface area (Å²) < 4.78 is 0. The van der Waals surface area contributed by atoms with Gasteiger partial charge in [-0.2, -0.15) is 0 Å². The van der Waals surface area contributed by atoms with Crippen LogP contribution < -0.4 is 5.32 Å². The highest BCUT2D eigenvalue weighted by atomic mass is 16.4. The minimum absolute atomic E-state index is 0.0247. The lowest BCUT2D eigenvalue weighted by Crippen LogP contribution is -2.42. The van der Waals surface area contributed by atoms with E-state index in [1.54, 1.807) is 0 Å². The molecular weight excluding hydrogens is 232 g/mol. The topological polar surface area (TPSA) is 69.6 Å². The molecule has 1 unspecified atom stereocenters. The van der Waals surface area contributed by atoms with Gasteiger partial charge in [-0.05, 0) is 25.3 Å². The summed E-state index contributed by atoms with van der Waals surface area (Å²) in [5.41, 5.74) is 0. The van der Waals surface area contributed by atoms with E-state index in [0.29, 0.717) is 19.0 Å². The van der Waals surface area contributed by atoms with E-state index in [0.717, 1.165) is 25.9 Å². The van der Waals surface area contributed by atoms with E-state index in [2.05, 4.69) is 10.2 Å². The molecule has 1 heterocycles. The summed E-state index contributed by atoms with van der Waals surface area (Å²) in [6.45, 7) is 6.96. The zero-order chi connectivity index (χ0) is 13.5. The van der Waals surface area contributed by atoms with Crippen LogP contribution in [0.25, 0.3) is 0 Å². The summed E-state index contributed by atoms with van der Waals surface area (Å²) in [6.07, 6.45) is 2.40. The number of nitrogens with zero attached hydrogens (tertiary/aromatic N) is 1. The minimum Gasteiger partial charge on any atom is -0.481 e. The number of carboxylic acid groups (broad SMARTS) is 1. The van der Waals surface area contributed by atoms with E-state index in [1.807, 2.05) is 13.8 Å². The Balaban J connectivity index is 2.26. The molecule has 1 aliphatic rings. The summed E-state index contributed by atoms with van der Waals surface area (Å²) in [5, 5.41) is 11.6. The molecule has 2 N–H and O–H groups in total. The van der Waals surface area contributed by atoms with E-state index < -0.39 is 5.97 Å². The number of hydrogen-bond donors (Lipinski definition) is 2. The normalized spacial score (nSPS) is 20.9. The van der Waals surface area contributed by atoms with Gasteiger partial charge in [-0.15, -0.1) is 0 Å². The third kappa shape index (κ3) is 5.49. The van der Waals surface area contributed by atoms with Gasteiger partial charge >= 0.3 is 5.97 Å². The highest BCUT2D eigenvalue weighted by Gasteiger charge is 2.21. The van der Waals surface area contributed by atoms with Crippen LogP contribution in [-0.4, -0.2) is 48.1 Å². The summed E-state index contributed by atoms with van der Waals surface area (Å²) in [7, 11) is 0. The van der Waals surface area contributed by atoms with Crippen molar-refractivity contribution in [3.8, 4) is 0 Å². The van der Waals surface area contributed by atoms with Crippen LogP contribution in [0.1, 0.15) is 33.1 Å². The second-order valence-corrected chi connectivity index (χ2v) is 5.35. The summed E-state index contributed by atoms with van der Waals surface area (Å²) in [6, 6.07) is 0. The van der Waals surface area contributed by atoms with Gasteiger partial charge in [0.05, 0.1) is 6.42 Å². The van der Waals surface area contributed by atoms with Crippen molar-refractivity contribution in [3.63, 3.8) is 0 Å². The Morgan fingerprint density at radius 1 is 1.44 bits per heavy atom. The molecule has 0 radical (unpaired) electrons. The lowest BCUT2D eigenvalue weighted by atomic mass is 9.97. The van der Waals surface area contributed by atoms with Crippen LogP contribution in [0.5, 0.6) is 0 Å². The van der Waals surface area contributed by atoms with Gasteiger partial charge < -0.3 is 15.3 Å². The van der Waals surface area contributed by atoms with Crippen LogP contribution in [0.3, 0.4) is 0 Å². The van der Waals surface area contributed by atoms with Gasteiger partial charge in [0.2, 0.25) is 5.91 Å². The molecule has 5 heteroatoms. The van der Waals surface area contributed by atoms with Crippen molar-refractivity contribution in [1.29, 1.82) is 0 Å². The fourth-order valence-corrected chi connectivity index (χ4v) is 2.22. The van der Waals surface area contributed by atoms with Gasteiger partial charge in [0.15, 0.2) is 0 Å². The predicted molar refractivity (Wildman–Crippen MR) is 69.3 cm³/mol. The number of carbonyl (C=O) groups is 2. The lowest BCUT2D eigenvalue weighted by molar-refractivity contribution is -0.137. The van der Waals surface area contributed by atoms with Gasteiger partial charge in [-0.1, -0.05) is 13.8 Å². The number of carbonyl (C=O) groups excluding carboxylic acids is 1. The third-order valence-corrected chi connectivity index (χ3v) is 3.33. The van der Waals surface area contributed by atoms with E-state index in [1.165, 1.54) is 0 Å². The Labute approximate surface area is 109 Å². The van der Waals surface area contributed by atoms with E-state index in [-0.39, 0.29) is 18.2 Å². The van der Waals surface area contributed by atoms with Crippen molar-refractivity contribution >= 4 is 11.9 Å². The first-order valence-electron chi connectivity index (χ1n) is 6.71. The summed E-state index contributed by atoms with van der Waals surface area (Å²) >= 11 is 0. The van der Waals surface area contributed by atoms with Crippen LogP contribution in [0.2, 0.25) is 0 Å². The van der Waals surface area contributed by atoms with Crippen LogP contribution in [0, 0.1) is 11.8 Å². The molecule has 18 heavy (non-hydrogen) atoms. The number of likely N-dealkylation sites (tertiary alicyclic amines) is 1. The quantitative estimate of drug-likeness (QED) is 0.742. The molecule has 0 bridgehead atoms. The van der Waals surface area contributed by atoms with Crippen LogP contribution >= 0.6 is 0 Å². The number of nitrogens with one attached hydrogen (secondary N) is 1. The van der Waals surface area contributed by atoms with Gasteiger partial charge in [0.25, 0.3) is 0 Å². The van der Waals surface area contributed by atoms with Crippen LogP contribution in [0.4, 0.5) is 0 Å². The Hall–Kier alpha value is -1.10. The smallest absolute Gasteiger partial charge is 0.304 e. The molecule has 5 nitrogen and oxygen atoms in total. The van der Waals surface area contributed by atoms with Gasteiger partial charge in [-0.25, -0.2) is 0 Å². The molecule has 104 valence electrons. The zero-order valence-corrected chi connectivity index (χ0v) is 11.3. The molecule has 0 spiro atoms. The first-order chi connectivity index (χ1) is 8.49. The van der Waals surface area contributed by atoms with Crippen molar-refractivity contribution in [3.05, 3.63) is 0 Å². The predicted octanol–water partition coefficient (Wildman–Crippen LogP) is 0.945. The molecule has 0 aliphatic carbocycles. The minimum atomic E-state index is -0.745. The summed E-state index contributed by atoms with van der Waals surface area (Å²) in [4.78, 5) is 24.2. The second kappa shape index (κ2) is 7.36. The number of carboxylic acids is 1. The van der Waals surface area contributed by atoms with Crippen LogP contribution in [0.15, 0.2) is 0 Å². The Bertz CT molecular complexity index is 292. The largest absolute Gasteiger partial charge is 0.481 e. The van der Waals surface area contributed by atoms with E-state index in [4.69, 9.17) is 5.11 Å². The van der Waals surface area contributed by atoms with Gasteiger partial charge in [0, 0.05) is 25.6 Å². The Kier molecular flexibility index (Phi) is 6.12. The third-order valence-electron chi connectivity index (χ3n) is 3.33. The second-order valence-electron chi connectivity index (χ2n) is 5.35. The summed E-state index contributed by atoms with van der Waals surface area (Å²) in [5.74, 6) is -0.171. The van der Waals surface area contributed by atoms with E-state index >= 15 is 0 Å². The molecule has 1 saturated heterocycles. The first-order valence-corrected chi connectivity index (χ1v) is 6.71. The molecule has 1 rings (SSSR count). The number of amides is 1. The average molecular weight is 256 g/mol. The standard InChI is InChI=1S/C13H24N2O3/c1-10(2)13(18)14-8-11-4-3-6-15(9-11)7-5-12(16)17/h10-11H,3-9H2,1-2H3,(H,14,18)(H,16,17). The van der Waals surface area contributed by atoms with Crippen molar-refractivity contribution in [2.45, 2.75) is 33.1 Å². The number of aliphatic carboxylic acids is 1. The van der Waals surface area contributed by atoms with Gasteiger partial charge in [0.1, 0.15) is 0 Å². The highest BCUT2D eigenvalue weighted by molar-refractivity contribution is 5.77. The zero-order valence-electron chi connectivity index (χ0n) is 11.3. The SMILES string of the molecule is CC(C)C(=O)NCC1CCCN(CCC(=O)O)C1. The molecule has 0 aromatic carbocycles. The first kappa shape index (κ1) is 15.0.